The average Bonchev–Trinajstić information content (AvgIpc) is 2.79. The Morgan fingerprint density at radius 1 is 1.11 bits per heavy atom. The number of para-hydroxylation sites is 2. The fraction of sp³-hybridized carbons (Fsp3) is 0.0667. The van der Waals surface area contributed by atoms with E-state index in [0.29, 0.717) is 12.4 Å². The molecule has 0 fully saturated rings. The third-order valence-corrected chi connectivity index (χ3v) is 3.90. The monoisotopic (exact) mass is 271 g/mol. The first-order valence-electron chi connectivity index (χ1n) is 5.91. The van der Waals surface area contributed by atoms with Crippen molar-refractivity contribution in [1.29, 1.82) is 0 Å². The van der Waals surface area contributed by atoms with E-state index in [1.165, 1.54) is 0 Å². The van der Waals surface area contributed by atoms with E-state index >= 15 is 0 Å². The molecule has 3 aromatic rings. The molecule has 3 N–H and O–H groups in total. The summed E-state index contributed by atoms with van der Waals surface area (Å²) in [6.07, 6.45) is 0. The molecular formula is C15H13NO2S. The number of benzene rings is 2. The van der Waals surface area contributed by atoms with E-state index in [1.54, 1.807) is 29.5 Å². The molecule has 0 saturated heterocycles. The summed E-state index contributed by atoms with van der Waals surface area (Å²) in [4.78, 5) is 1.10. The molecule has 0 unspecified atom stereocenters. The standard InChI is InChI=1S/C15H13NO2S/c16-11-6-5-10-7-12(19-15(10)8-11)9-18-14-4-2-1-3-13(14)17/h1-8,17H,9,16H2. The van der Waals surface area contributed by atoms with Crippen LogP contribution in [0.5, 0.6) is 11.5 Å². The molecule has 19 heavy (non-hydrogen) atoms. The highest BCUT2D eigenvalue weighted by Gasteiger charge is 2.05. The molecule has 0 radical (unpaired) electrons. The van der Waals surface area contributed by atoms with E-state index in [-0.39, 0.29) is 5.75 Å². The van der Waals surface area contributed by atoms with Crippen LogP contribution in [0.4, 0.5) is 5.69 Å². The summed E-state index contributed by atoms with van der Waals surface area (Å²) in [6.45, 7) is 0.441. The van der Waals surface area contributed by atoms with Gasteiger partial charge >= 0.3 is 0 Å². The molecule has 3 nitrogen and oxygen atoms in total. The van der Waals surface area contributed by atoms with Gasteiger partial charge in [0.25, 0.3) is 0 Å². The number of anilines is 1. The van der Waals surface area contributed by atoms with Gasteiger partial charge in [-0.15, -0.1) is 11.3 Å². The molecule has 0 aliphatic carbocycles. The Morgan fingerprint density at radius 3 is 2.79 bits per heavy atom. The van der Waals surface area contributed by atoms with Gasteiger partial charge in [-0.3, -0.25) is 0 Å². The molecule has 1 heterocycles. The summed E-state index contributed by atoms with van der Waals surface area (Å²) in [5.41, 5.74) is 6.53. The predicted octanol–water partition coefficient (Wildman–Crippen LogP) is 3.77. The number of thiophene rings is 1. The van der Waals surface area contributed by atoms with Crippen molar-refractivity contribution >= 4 is 27.1 Å². The number of hydrogen-bond acceptors (Lipinski definition) is 4. The van der Waals surface area contributed by atoms with Gasteiger partial charge < -0.3 is 15.6 Å². The first kappa shape index (κ1) is 11.9. The molecule has 4 heteroatoms. The van der Waals surface area contributed by atoms with E-state index in [2.05, 4.69) is 6.07 Å². The normalized spacial score (nSPS) is 10.7. The Bertz CT molecular complexity index is 721. The number of phenolic OH excluding ortho intramolecular Hbond substituents is 1. The highest BCUT2D eigenvalue weighted by molar-refractivity contribution is 7.19. The average molecular weight is 271 g/mol. The van der Waals surface area contributed by atoms with Gasteiger partial charge in [0, 0.05) is 15.3 Å². The second-order valence-corrected chi connectivity index (χ2v) is 5.43. The highest BCUT2D eigenvalue weighted by atomic mass is 32.1. The quantitative estimate of drug-likeness (QED) is 0.713. The number of phenols is 1. The number of aromatic hydroxyl groups is 1. The lowest BCUT2D eigenvalue weighted by molar-refractivity contribution is 0.292. The molecule has 0 aliphatic rings. The summed E-state index contributed by atoms with van der Waals surface area (Å²) in [5.74, 6) is 0.660. The molecule has 1 aromatic heterocycles. The molecule has 0 amide bonds. The van der Waals surface area contributed by atoms with Gasteiger partial charge in [-0.1, -0.05) is 18.2 Å². The maximum Gasteiger partial charge on any atom is 0.161 e. The van der Waals surface area contributed by atoms with Crippen molar-refractivity contribution in [2.45, 2.75) is 6.61 Å². The van der Waals surface area contributed by atoms with Gasteiger partial charge in [-0.25, -0.2) is 0 Å². The highest BCUT2D eigenvalue weighted by Crippen LogP contribution is 2.30. The molecule has 0 spiro atoms. The third-order valence-electron chi connectivity index (χ3n) is 2.83. The van der Waals surface area contributed by atoms with Crippen LogP contribution in [-0.2, 0) is 6.61 Å². The van der Waals surface area contributed by atoms with E-state index in [0.717, 1.165) is 20.7 Å². The second-order valence-electron chi connectivity index (χ2n) is 4.27. The SMILES string of the molecule is Nc1ccc2cc(COc3ccccc3O)sc2c1. The Labute approximate surface area is 114 Å². The lowest BCUT2D eigenvalue weighted by Crippen LogP contribution is -1.92. The molecule has 3 rings (SSSR count). The van der Waals surface area contributed by atoms with E-state index in [1.807, 2.05) is 24.3 Å². The van der Waals surface area contributed by atoms with Gasteiger partial charge in [-0.05, 0) is 35.7 Å². The Balaban J connectivity index is 1.80. The zero-order valence-corrected chi connectivity index (χ0v) is 11.0. The summed E-state index contributed by atoms with van der Waals surface area (Å²) < 4.78 is 6.76. The largest absolute Gasteiger partial charge is 0.504 e. The van der Waals surface area contributed by atoms with Crippen molar-refractivity contribution in [3.05, 3.63) is 53.4 Å². The van der Waals surface area contributed by atoms with E-state index in [4.69, 9.17) is 10.5 Å². The van der Waals surface area contributed by atoms with Crippen LogP contribution in [0.2, 0.25) is 0 Å². The first-order valence-corrected chi connectivity index (χ1v) is 6.73. The van der Waals surface area contributed by atoms with Gasteiger partial charge in [0.1, 0.15) is 6.61 Å². The van der Waals surface area contributed by atoms with Crippen LogP contribution in [0.25, 0.3) is 10.1 Å². The number of nitrogens with two attached hydrogens (primary N) is 1. The summed E-state index contributed by atoms with van der Waals surface area (Å²) in [7, 11) is 0. The minimum Gasteiger partial charge on any atom is -0.504 e. The number of nitrogen functional groups attached to an aromatic ring is 1. The molecule has 0 bridgehead atoms. The molecule has 0 aliphatic heterocycles. The van der Waals surface area contributed by atoms with Crippen molar-refractivity contribution < 1.29 is 9.84 Å². The minimum absolute atomic E-state index is 0.160. The van der Waals surface area contributed by atoms with E-state index in [9.17, 15) is 5.11 Å². The predicted molar refractivity (Wildman–Crippen MR) is 78.7 cm³/mol. The van der Waals surface area contributed by atoms with Crippen LogP contribution in [0.3, 0.4) is 0 Å². The van der Waals surface area contributed by atoms with Crippen molar-refractivity contribution in [3.63, 3.8) is 0 Å². The Kier molecular flexibility index (Phi) is 3.01. The van der Waals surface area contributed by atoms with Crippen molar-refractivity contribution in [2.75, 3.05) is 5.73 Å². The smallest absolute Gasteiger partial charge is 0.161 e. The minimum atomic E-state index is 0.160. The molecule has 0 saturated carbocycles. The van der Waals surface area contributed by atoms with Crippen LogP contribution < -0.4 is 10.5 Å². The van der Waals surface area contributed by atoms with Gasteiger partial charge in [0.2, 0.25) is 0 Å². The Morgan fingerprint density at radius 2 is 1.95 bits per heavy atom. The van der Waals surface area contributed by atoms with Crippen LogP contribution in [0.15, 0.2) is 48.5 Å². The topological polar surface area (TPSA) is 55.5 Å². The van der Waals surface area contributed by atoms with Crippen LogP contribution in [-0.4, -0.2) is 5.11 Å². The zero-order valence-electron chi connectivity index (χ0n) is 10.2. The number of rotatable bonds is 3. The number of hydrogen-bond donors (Lipinski definition) is 2. The van der Waals surface area contributed by atoms with Gasteiger partial charge in [-0.2, -0.15) is 0 Å². The van der Waals surface area contributed by atoms with Crippen molar-refractivity contribution in [3.8, 4) is 11.5 Å². The summed E-state index contributed by atoms with van der Waals surface area (Å²) in [5, 5.41) is 10.8. The maximum atomic E-state index is 9.63. The van der Waals surface area contributed by atoms with Crippen LogP contribution in [0.1, 0.15) is 4.88 Å². The fourth-order valence-electron chi connectivity index (χ4n) is 1.90. The summed E-state index contributed by atoms with van der Waals surface area (Å²) >= 11 is 1.65. The lowest BCUT2D eigenvalue weighted by atomic mass is 10.2. The molecular weight excluding hydrogens is 258 g/mol. The van der Waals surface area contributed by atoms with Gasteiger partial charge in [0.05, 0.1) is 0 Å². The van der Waals surface area contributed by atoms with Crippen molar-refractivity contribution in [2.24, 2.45) is 0 Å². The number of fused-ring (bicyclic) bond motifs is 1. The first-order chi connectivity index (χ1) is 9.22. The van der Waals surface area contributed by atoms with Crippen LogP contribution >= 0.6 is 11.3 Å². The Hall–Kier alpha value is -2.20. The van der Waals surface area contributed by atoms with Crippen molar-refractivity contribution in [1.82, 2.24) is 0 Å². The number of ether oxygens (including phenoxy) is 1. The molecule has 0 atom stereocenters. The zero-order chi connectivity index (χ0) is 13.2. The molecule has 2 aromatic carbocycles. The third kappa shape index (κ3) is 2.48. The van der Waals surface area contributed by atoms with Gasteiger partial charge in [0.15, 0.2) is 11.5 Å². The maximum absolute atomic E-state index is 9.63. The summed E-state index contributed by atoms with van der Waals surface area (Å²) in [6, 6.07) is 14.9. The van der Waals surface area contributed by atoms with E-state index < -0.39 is 0 Å². The fourth-order valence-corrected chi connectivity index (χ4v) is 2.93. The molecule has 96 valence electrons. The van der Waals surface area contributed by atoms with Crippen LogP contribution in [0, 0.1) is 0 Å². The lowest BCUT2D eigenvalue weighted by Gasteiger charge is -2.05. The second kappa shape index (κ2) is 4.82.